The zero-order valence-corrected chi connectivity index (χ0v) is 12.9. The summed E-state index contributed by atoms with van der Waals surface area (Å²) in [4.78, 5) is 13.9. The maximum Gasteiger partial charge on any atom is 0.223 e. The van der Waals surface area contributed by atoms with Crippen molar-refractivity contribution in [3.05, 3.63) is 29.8 Å². The van der Waals surface area contributed by atoms with E-state index in [-0.39, 0.29) is 5.91 Å². The predicted molar refractivity (Wildman–Crippen MR) is 84.4 cm³/mol. The molecule has 0 aliphatic carbocycles. The summed E-state index contributed by atoms with van der Waals surface area (Å²) in [6.45, 7) is 6.24. The number of hydrogen-bond acceptors (Lipinski definition) is 3. The summed E-state index contributed by atoms with van der Waals surface area (Å²) >= 11 is 0. The summed E-state index contributed by atoms with van der Waals surface area (Å²) in [5.41, 5.74) is 1.19. The number of rotatable bonds is 8. The van der Waals surface area contributed by atoms with Crippen molar-refractivity contribution < 1.29 is 9.53 Å². The van der Waals surface area contributed by atoms with Crippen LogP contribution in [0.25, 0.3) is 0 Å². The van der Waals surface area contributed by atoms with Gasteiger partial charge in [-0.15, -0.1) is 0 Å². The third-order valence-corrected chi connectivity index (χ3v) is 3.67. The molecule has 21 heavy (non-hydrogen) atoms. The summed E-state index contributed by atoms with van der Waals surface area (Å²) in [6.07, 6.45) is 3.92. The maximum atomic E-state index is 11.9. The highest BCUT2D eigenvalue weighted by molar-refractivity contribution is 5.76. The maximum absolute atomic E-state index is 11.9. The molecule has 1 aliphatic rings. The van der Waals surface area contributed by atoms with Crippen LogP contribution in [-0.2, 0) is 11.3 Å². The standard InChI is InChI=1S/C17H26N2O2/c1-2-12-21-16-7-5-6-15(13-16)14-18-9-8-17(20)19-10-3-4-11-19/h5-7,13,18H,2-4,8-12,14H2,1H3. The largest absolute Gasteiger partial charge is 0.494 e. The Morgan fingerprint density at radius 1 is 1.33 bits per heavy atom. The zero-order chi connectivity index (χ0) is 14.9. The molecule has 0 bridgehead atoms. The molecule has 1 fully saturated rings. The Hall–Kier alpha value is -1.55. The molecule has 1 saturated heterocycles. The zero-order valence-electron chi connectivity index (χ0n) is 12.9. The van der Waals surface area contributed by atoms with Crippen molar-refractivity contribution in [2.75, 3.05) is 26.2 Å². The van der Waals surface area contributed by atoms with E-state index in [2.05, 4.69) is 24.4 Å². The fraction of sp³-hybridized carbons (Fsp3) is 0.588. The Morgan fingerprint density at radius 3 is 2.90 bits per heavy atom. The number of amides is 1. The number of ether oxygens (including phenoxy) is 1. The van der Waals surface area contributed by atoms with Crippen LogP contribution in [0.15, 0.2) is 24.3 Å². The Labute approximate surface area is 127 Å². The van der Waals surface area contributed by atoms with Crippen LogP contribution in [0.2, 0.25) is 0 Å². The SMILES string of the molecule is CCCOc1cccc(CNCCC(=O)N2CCCC2)c1. The van der Waals surface area contributed by atoms with E-state index in [1.54, 1.807) is 0 Å². The van der Waals surface area contributed by atoms with Crippen molar-refractivity contribution >= 4 is 5.91 Å². The molecule has 2 rings (SSSR count). The third-order valence-electron chi connectivity index (χ3n) is 3.67. The Morgan fingerprint density at radius 2 is 2.14 bits per heavy atom. The van der Waals surface area contributed by atoms with Gasteiger partial charge in [0.05, 0.1) is 6.61 Å². The molecule has 1 aliphatic heterocycles. The van der Waals surface area contributed by atoms with Gasteiger partial charge in [0.2, 0.25) is 5.91 Å². The van der Waals surface area contributed by atoms with Gasteiger partial charge in [0.15, 0.2) is 0 Å². The van der Waals surface area contributed by atoms with Crippen molar-refractivity contribution in [1.29, 1.82) is 0 Å². The molecule has 1 amide bonds. The highest BCUT2D eigenvalue weighted by Gasteiger charge is 2.16. The van der Waals surface area contributed by atoms with E-state index < -0.39 is 0 Å². The van der Waals surface area contributed by atoms with E-state index in [0.29, 0.717) is 6.42 Å². The van der Waals surface area contributed by atoms with E-state index in [1.165, 1.54) is 5.56 Å². The van der Waals surface area contributed by atoms with Gasteiger partial charge < -0.3 is 15.0 Å². The van der Waals surface area contributed by atoms with Crippen molar-refractivity contribution in [2.45, 2.75) is 39.2 Å². The first-order chi connectivity index (χ1) is 10.3. The van der Waals surface area contributed by atoms with Crippen LogP contribution in [0.3, 0.4) is 0 Å². The van der Waals surface area contributed by atoms with Gasteiger partial charge in [-0.05, 0) is 37.0 Å². The molecular formula is C17H26N2O2. The van der Waals surface area contributed by atoms with E-state index in [1.807, 2.05) is 17.0 Å². The summed E-state index contributed by atoms with van der Waals surface area (Å²) in [5, 5.41) is 3.34. The average molecular weight is 290 g/mol. The second-order valence-corrected chi connectivity index (χ2v) is 5.51. The van der Waals surface area contributed by atoms with Crippen LogP contribution in [0, 0.1) is 0 Å². The fourth-order valence-electron chi connectivity index (χ4n) is 2.52. The third kappa shape index (κ3) is 5.38. The van der Waals surface area contributed by atoms with Crippen LogP contribution in [-0.4, -0.2) is 37.0 Å². The molecule has 0 saturated carbocycles. The summed E-state index contributed by atoms with van der Waals surface area (Å²) < 4.78 is 5.62. The fourth-order valence-corrected chi connectivity index (χ4v) is 2.52. The van der Waals surface area contributed by atoms with E-state index >= 15 is 0 Å². The smallest absolute Gasteiger partial charge is 0.223 e. The van der Waals surface area contributed by atoms with Gasteiger partial charge >= 0.3 is 0 Å². The average Bonchev–Trinajstić information content (AvgIpc) is 3.04. The summed E-state index contributed by atoms with van der Waals surface area (Å²) in [5.74, 6) is 1.20. The van der Waals surface area contributed by atoms with Gasteiger partial charge in [0.1, 0.15) is 5.75 Å². The van der Waals surface area contributed by atoms with Crippen LogP contribution < -0.4 is 10.1 Å². The predicted octanol–water partition coefficient (Wildman–Crippen LogP) is 2.58. The Kier molecular flexibility index (Phi) is 6.54. The molecule has 1 heterocycles. The van der Waals surface area contributed by atoms with Crippen LogP contribution in [0.1, 0.15) is 38.2 Å². The molecule has 0 atom stereocenters. The number of hydrogen-bond donors (Lipinski definition) is 1. The van der Waals surface area contributed by atoms with E-state index in [4.69, 9.17) is 4.74 Å². The second kappa shape index (κ2) is 8.67. The van der Waals surface area contributed by atoms with Crippen molar-refractivity contribution in [3.63, 3.8) is 0 Å². The lowest BCUT2D eigenvalue weighted by Gasteiger charge is -2.15. The molecule has 0 aromatic heterocycles. The summed E-state index contributed by atoms with van der Waals surface area (Å²) in [7, 11) is 0. The first-order valence-corrected chi connectivity index (χ1v) is 8.00. The van der Waals surface area contributed by atoms with Crippen molar-refractivity contribution in [1.82, 2.24) is 10.2 Å². The van der Waals surface area contributed by atoms with Gasteiger partial charge in [-0.2, -0.15) is 0 Å². The lowest BCUT2D eigenvalue weighted by molar-refractivity contribution is -0.130. The Balaban J connectivity index is 1.67. The topological polar surface area (TPSA) is 41.6 Å². The highest BCUT2D eigenvalue weighted by atomic mass is 16.5. The number of nitrogens with zero attached hydrogens (tertiary/aromatic N) is 1. The molecular weight excluding hydrogens is 264 g/mol. The number of likely N-dealkylation sites (tertiary alicyclic amines) is 1. The monoisotopic (exact) mass is 290 g/mol. The second-order valence-electron chi connectivity index (χ2n) is 5.51. The van der Waals surface area contributed by atoms with Crippen LogP contribution >= 0.6 is 0 Å². The normalized spacial score (nSPS) is 14.4. The van der Waals surface area contributed by atoms with Gasteiger partial charge in [-0.1, -0.05) is 19.1 Å². The van der Waals surface area contributed by atoms with Crippen LogP contribution in [0.4, 0.5) is 0 Å². The summed E-state index contributed by atoms with van der Waals surface area (Å²) in [6, 6.07) is 8.13. The molecule has 1 aromatic rings. The minimum Gasteiger partial charge on any atom is -0.494 e. The lowest BCUT2D eigenvalue weighted by Crippen LogP contribution is -2.30. The molecule has 4 nitrogen and oxygen atoms in total. The van der Waals surface area contributed by atoms with E-state index in [9.17, 15) is 4.79 Å². The molecule has 0 spiro atoms. The van der Waals surface area contributed by atoms with Crippen molar-refractivity contribution in [3.8, 4) is 5.75 Å². The molecule has 0 radical (unpaired) electrons. The number of benzene rings is 1. The number of carbonyl (C=O) groups excluding carboxylic acids is 1. The Bertz CT molecular complexity index is 442. The molecule has 0 unspecified atom stereocenters. The first-order valence-electron chi connectivity index (χ1n) is 8.00. The van der Waals surface area contributed by atoms with Gasteiger partial charge in [0, 0.05) is 32.6 Å². The number of carbonyl (C=O) groups is 1. The van der Waals surface area contributed by atoms with Crippen LogP contribution in [0.5, 0.6) is 5.75 Å². The molecule has 116 valence electrons. The molecule has 1 N–H and O–H groups in total. The number of nitrogens with one attached hydrogen (secondary N) is 1. The van der Waals surface area contributed by atoms with Gasteiger partial charge in [-0.25, -0.2) is 0 Å². The first kappa shape index (κ1) is 15.8. The van der Waals surface area contributed by atoms with Gasteiger partial charge in [0.25, 0.3) is 0 Å². The molecule has 4 heteroatoms. The lowest BCUT2D eigenvalue weighted by atomic mass is 10.2. The minimum atomic E-state index is 0.278. The van der Waals surface area contributed by atoms with Crippen molar-refractivity contribution in [2.24, 2.45) is 0 Å². The van der Waals surface area contributed by atoms with Gasteiger partial charge in [-0.3, -0.25) is 4.79 Å². The molecule has 1 aromatic carbocycles. The minimum absolute atomic E-state index is 0.278. The van der Waals surface area contributed by atoms with E-state index in [0.717, 1.165) is 57.8 Å². The quantitative estimate of drug-likeness (QED) is 0.748. The highest BCUT2D eigenvalue weighted by Crippen LogP contribution is 2.13.